The number of carbonyl (C=O) groups excluding carboxylic acids is 1. The number of hydrogen-bond donors (Lipinski definition) is 0. The molecule has 1 aliphatic carbocycles. The van der Waals surface area contributed by atoms with E-state index in [0.717, 1.165) is 6.42 Å². The Morgan fingerprint density at radius 2 is 2.21 bits per heavy atom. The molecule has 0 N–H and O–H groups in total. The van der Waals surface area contributed by atoms with E-state index in [0.29, 0.717) is 23.0 Å². The highest BCUT2D eigenvalue weighted by atomic mass is 35.5. The third kappa shape index (κ3) is 3.04. The summed E-state index contributed by atoms with van der Waals surface area (Å²) in [6, 6.07) is 4.27. The first-order chi connectivity index (χ1) is 8.90. The third-order valence-electron chi connectivity index (χ3n) is 3.45. The number of carbonyl (C=O) groups is 1. The van der Waals surface area contributed by atoms with Crippen LogP contribution in [-0.4, -0.2) is 22.8 Å². The van der Waals surface area contributed by atoms with Gasteiger partial charge in [-0.15, -0.1) is 0 Å². The van der Waals surface area contributed by atoms with Gasteiger partial charge in [0.15, 0.2) is 0 Å². The van der Waals surface area contributed by atoms with Crippen LogP contribution in [-0.2, 0) is 11.3 Å². The van der Waals surface area contributed by atoms with Gasteiger partial charge in [-0.1, -0.05) is 18.5 Å². The summed E-state index contributed by atoms with van der Waals surface area (Å²) in [5.41, 5.74) is 0.583. The quantitative estimate of drug-likeness (QED) is 0.630. The summed E-state index contributed by atoms with van der Waals surface area (Å²) < 4.78 is 0. The van der Waals surface area contributed by atoms with Crippen molar-refractivity contribution in [2.45, 2.75) is 19.9 Å². The van der Waals surface area contributed by atoms with Gasteiger partial charge in [-0.25, -0.2) is 0 Å². The van der Waals surface area contributed by atoms with E-state index in [-0.39, 0.29) is 17.5 Å². The zero-order valence-electron chi connectivity index (χ0n) is 10.8. The van der Waals surface area contributed by atoms with E-state index < -0.39 is 4.92 Å². The predicted octanol–water partition coefficient (Wildman–Crippen LogP) is 2.86. The number of benzene rings is 1. The van der Waals surface area contributed by atoms with Crippen molar-refractivity contribution >= 4 is 23.2 Å². The summed E-state index contributed by atoms with van der Waals surface area (Å²) in [5.74, 6) is 0.619. The average Bonchev–Trinajstić information content (AvgIpc) is 3.07. The first-order valence-corrected chi connectivity index (χ1v) is 6.45. The second-order valence-electron chi connectivity index (χ2n) is 5.05. The van der Waals surface area contributed by atoms with Crippen LogP contribution in [0.15, 0.2) is 18.2 Å². The van der Waals surface area contributed by atoms with Crippen molar-refractivity contribution in [3.05, 3.63) is 38.9 Å². The number of non-ortho nitro benzene ring substituents is 1. The zero-order chi connectivity index (χ0) is 14.2. The molecule has 2 rings (SSSR count). The number of amides is 1. The smallest absolute Gasteiger partial charge is 0.269 e. The highest BCUT2D eigenvalue weighted by Crippen LogP contribution is 2.39. The molecule has 1 aliphatic rings. The minimum Gasteiger partial charge on any atom is -0.341 e. The second-order valence-corrected chi connectivity index (χ2v) is 5.45. The molecule has 1 amide bonds. The van der Waals surface area contributed by atoms with E-state index in [1.54, 1.807) is 11.9 Å². The van der Waals surface area contributed by atoms with Crippen molar-refractivity contribution in [3.8, 4) is 0 Å². The number of nitro benzene ring substituents is 1. The van der Waals surface area contributed by atoms with Crippen molar-refractivity contribution in [2.75, 3.05) is 7.05 Å². The van der Waals surface area contributed by atoms with Gasteiger partial charge in [0, 0.05) is 36.7 Å². The Hall–Kier alpha value is -1.62. The van der Waals surface area contributed by atoms with Gasteiger partial charge >= 0.3 is 0 Å². The molecule has 6 heteroatoms. The molecular weight excluding hydrogens is 268 g/mol. The topological polar surface area (TPSA) is 63.5 Å². The Morgan fingerprint density at radius 3 is 2.74 bits per heavy atom. The Kier molecular flexibility index (Phi) is 3.75. The molecule has 102 valence electrons. The Morgan fingerprint density at radius 1 is 1.58 bits per heavy atom. The van der Waals surface area contributed by atoms with Crippen LogP contribution in [0.3, 0.4) is 0 Å². The lowest BCUT2D eigenvalue weighted by Crippen LogP contribution is -2.28. The minimum atomic E-state index is -0.468. The standard InChI is InChI=1S/C13H15ClN2O3/c1-8-5-11(8)13(17)15(2)7-9-6-10(16(18)19)3-4-12(9)14/h3-4,6,8,11H,5,7H2,1-2H3/t8-,11+/m1/s1. The molecule has 19 heavy (non-hydrogen) atoms. The molecule has 1 aromatic carbocycles. The summed E-state index contributed by atoms with van der Waals surface area (Å²) in [5, 5.41) is 11.2. The summed E-state index contributed by atoms with van der Waals surface area (Å²) in [6.45, 7) is 2.33. The molecule has 1 fully saturated rings. The minimum absolute atomic E-state index is 0.0139. The monoisotopic (exact) mass is 282 g/mol. The molecule has 5 nitrogen and oxygen atoms in total. The van der Waals surface area contributed by atoms with E-state index in [9.17, 15) is 14.9 Å². The Labute approximate surface area is 116 Å². The van der Waals surface area contributed by atoms with E-state index in [1.807, 2.05) is 6.92 Å². The van der Waals surface area contributed by atoms with Gasteiger partial charge in [-0.2, -0.15) is 0 Å². The highest BCUT2D eigenvalue weighted by Gasteiger charge is 2.40. The average molecular weight is 283 g/mol. The van der Waals surface area contributed by atoms with Crippen LogP contribution >= 0.6 is 11.6 Å². The van der Waals surface area contributed by atoms with Gasteiger partial charge in [-0.05, 0) is 24.0 Å². The van der Waals surface area contributed by atoms with E-state index in [4.69, 9.17) is 11.6 Å². The number of hydrogen-bond acceptors (Lipinski definition) is 3. The van der Waals surface area contributed by atoms with Gasteiger partial charge in [-0.3, -0.25) is 14.9 Å². The van der Waals surface area contributed by atoms with Gasteiger partial charge in [0.25, 0.3) is 5.69 Å². The highest BCUT2D eigenvalue weighted by molar-refractivity contribution is 6.31. The molecule has 2 atom stereocenters. The van der Waals surface area contributed by atoms with Crippen LogP contribution < -0.4 is 0 Å². The Bertz CT molecular complexity index is 533. The van der Waals surface area contributed by atoms with Crippen LogP contribution in [0.4, 0.5) is 5.69 Å². The van der Waals surface area contributed by atoms with Crippen LogP contribution in [0.2, 0.25) is 5.02 Å². The zero-order valence-corrected chi connectivity index (χ0v) is 11.6. The molecule has 0 aromatic heterocycles. The number of halogens is 1. The maximum atomic E-state index is 12.0. The van der Waals surface area contributed by atoms with Crippen molar-refractivity contribution in [3.63, 3.8) is 0 Å². The van der Waals surface area contributed by atoms with E-state index in [2.05, 4.69) is 0 Å². The first kappa shape index (κ1) is 13.8. The van der Waals surface area contributed by atoms with E-state index >= 15 is 0 Å². The summed E-state index contributed by atoms with van der Waals surface area (Å²) in [7, 11) is 1.70. The van der Waals surface area contributed by atoms with Gasteiger partial charge < -0.3 is 4.90 Å². The molecule has 1 aromatic rings. The molecule has 1 saturated carbocycles. The lowest BCUT2D eigenvalue weighted by atomic mass is 10.2. The molecule has 0 unspecified atom stereocenters. The maximum absolute atomic E-state index is 12.0. The lowest BCUT2D eigenvalue weighted by molar-refractivity contribution is -0.384. The normalized spacial score (nSPS) is 21.0. The summed E-state index contributed by atoms with van der Waals surface area (Å²) in [6.07, 6.45) is 0.922. The second kappa shape index (κ2) is 5.17. The summed E-state index contributed by atoms with van der Waals surface area (Å²) in [4.78, 5) is 23.8. The number of rotatable bonds is 4. The third-order valence-corrected chi connectivity index (χ3v) is 3.82. The number of nitro groups is 1. The van der Waals surface area contributed by atoms with Crippen LogP contribution in [0.5, 0.6) is 0 Å². The van der Waals surface area contributed by atoms with Crippen molar-refractivity contribution in [2.24, 2.45) is 11.8 Å². The Balaban J connectivity index is 2.11. The van der Waals surface area contributed by atoms with Crippen LogP contribution in [0, 0.1) is 22.0 Å². The SMILES string of the molecule is C[C@@H]1C[C@@H]1C(=O)N(C)Cc1cc([N+](=O)[O-])ccc1Cl. The lowest BCUT2D eigenvalue weighted by Gasteiger charge is -2.18. The molecule has 0 radical (unpaired) electrons. The maximum Gasteiger partial charge on any atom is 0.269 e. The van der Waals surface area contributed by atoms with E-state index in [1.165, 1.54) is 18.2 Å². The fourth-order valence-electron chi connectivity index (χ4n) is 2.08. The molecule has 0 heterocycles. The molecule has 0 spiro atoms. The van der Waals surface area contributed by atoms with Crippen molar-refractivity contribution in [1.82, 2.24) is 4.90 Å². The predicted molar refractivity (Wildman–Crippen MR) is 71.9 cm³/mol. The fraction of sp³-hybridized carbons (Fsp3) is 0.462. The van der Waals surface area contributed by atoms with Crippen molar-refractivity contribution in [1.29, 1.82) is 0 Å². The number of nitrogens with zero attached hydrogens (tertiary/aromatic N) is 2. The molecule has 0 saturated heterocycles. The molecule has 0 bridgehead atoms. The largest absolute Gasteiger partial charge is 0.341 e. The fourth-order valence-corrected chi connectivity index (χ4v) is 2.26. The summed E-state index contributed by atoms with van der Waals surface area (Å²) >= 11 is 6.01. The first-order valence-electron chi connectivity index (χ1n) is 6.08. The van der Waals surface area contributed by atoms with Crippen molar-refractivity contribution < 1.29 is 9.72 Å². The van der Waals surface area contributed by atoms with Gasteiger partial charge in [0.2, 0.25) is 5.91 Å². The van der Waals surface area contributed by atoms with Crippen LogP contribution in [0.25, 0.3) is 0 Å². The van der Waals surface area contributed by atoms with Crippen LogP contribution in [0.1, 0.15) is 18.9 Å². The van der Waals surface area contributed by atoms with Gasteiger partial charge in [0.1, 0.15) is 0 Å². The molecular formula is C13H15ClN2O3. The van der Waals surface area contributed by atoms with Gasteiger partial charge in [0.05, 0.1) is 4.92 Å². The molecule has 0 aliphatic heterocycles.